The van der Waals surface area contributed by atoms with E-state index in [-0.39, 0.29) is 0 Å². The van der Waals surface area contributed by atoms with Crippen LogP contribution in [0.2, 0.25) is 0 Å². The van der Waals surface area contributed by atoms with Crippen LogP contribution in [-0.2, 0) is 0 Å². The van der Waals surface area contributed by atoms with Crippen molar-refractivity contribution in [1.29, 1.82) is 0 Å². The normalized spacial score (nSPS) is 11.7. The first-order valence-corrected chi connectivity index (χ1v) is 19.9. The van der Waals surface area contributed by atoms with Crippen molar-refractivity contribution in [1.82, 2.24) is 19.1 Å². The average molecular weight is 755 g/mol. The van der Waals surface area contributed by atoms with Crippen LogP contribution in [0.25, 0.3) is 111 Å². The molecule has 4 aromatic heterocycles. The Bertz CT molecular complexity index is 3490. The summed E-state index contributed by atoms with van der Waals surface area (Å²) in [6.07, 6.45) is 1.71. The molecule has 12 rings (SSSR count). The molecule has 0 radical (unpaired) electrons. The van der Waals surface area contributed by atoms with Crippen molar-refractivity contribution in [2.75, 3.05) is 0 Å². The van der Waals surface area contributed by atoms with E-state index in [1.165, 1.54) is 21.8 Å². The zero-order chi connectivity index (χ0) is 38.9. The van der Waals surface area contributed by atoms with Crippen molar-refractivity contribution in [2.24, 2.45) is 0 Å². The third-order valence-corrected chi connectivity index (χ3v) is 11.6. The molecule has 0 N–H and O–H groups in total. The van der Waals surface area contributed by atoms with Crippen molar-refractivity contribution in [2.45, 2.75) is 0 Å². The Morgan fingerprint density at radius 2 is 0.831 bits per heavy atom. The number of rotatable bonds is 6. The summed E-state index contributed by atoms with van der Waals surface area (Å²) in [6.45, 7) is 0. The Morgan fingerprint density at radius 1 is 0.339 bits per heavy atom. The summed E-state index contributed by atoms with van der Waals surface area (Å²) in [6, 6.07) is 71.0. The lowest BCUT2D eigenvalue weighted by Gasteiger charge is -2.13. The van der Waals surface area contributed by atoms with Gasteiger partial charge in [-0.3, -0.25) is 4.57 Å². The van der Waals surface area contributed by atoms with Crippen LogP contribution in [0.1, 0.15) is 0 Å². The second kappa shape index (κ2) is 13.3. The maximum Gasteiger partial charge on any atom is 0.236 e. The van der Waals surface area contributed by atoms with E-state index in [1.54, 1.807) is 6.26 Å². The van der Waals surface area contributed by atoms with Gasteiger partial charge in [0.2, 0.25) is 5.95 Å². The molecule has 0 amide bonds. The molecule has 4 heterocycles. The molecule has 0 unspecified atom stereocenters. The fourth-order valence-electron chi connectivity index (χ4n) is 8.88. The van der Waals surface area contributed by atoms with Gasteiger partial charge in [-0.25, -0.2) is 9.97 Å². The van der Waals surface area contributed by atoms with Gasteiger partial charge < -0.3 is 8.98 Å². The highest BCUT2D eigenvalue weighted by Crippen LogP contribution is 2.40. The third kappa shape index (κ3) is 5.40. The van der Waals surface area contributed by atoms with Crippen molar-refractivity contribution in [3.8, 4) is 56.3 Å². The lowest BCUT2D eigenvalue weighted by Crippen LogP contribution is -2.03. The molecule has 0 aliphatic carbocycles. The Hall–Kier alpha value is -8.02. The number of hydrogen-bond acceptors (Lipinski definition) is 3. The Balaban J connectivity index is 1.04. The monoisotopic (exact) mass is 754 g/mol. The van der Waals surface area contributed by atoms with Gasteiger partial charge in [0.25, 0.3) is 0 Å². The van der Waals surface area contributed by atoms with Crippen LogP contribution in [0, 0.1) is 0 Å². The van der Waals surface area contributed by atoms with E-state index in [1.807, 2.05) is 18.2 Å². The lowest BCUT2D eigenvalue weighted by atomic mass is 9.95. The van der Waals surface area contributed by atoms with E-state index in [2.05, 4.69) is 191 Å². The molecule has 5 heteroatoms. The molecule has 0 aliphatic rings. The number of aromatic nitrogens is 4. The Labute approximate surface area is 339 Å². The van der Waals surface area contributed by atoms with E-state index in [0.29, 0.717) is 11.5 Å². The van der Waals surface area contributed by atoms with Crippen molar-refractivity contribution in [3.05, 3.63) is 206 Å². The Morgan fingerprint density at radius 3 is 1.44 bits per heavy atom. The molecule has 8 aromatic carbocycles. The van der Waals surface area contributed by atoms with Crippen LogP contribution < -0.4 is 0 Å². The minimum Gasteiger partial charge on any atom is -0.460 e. The van der Waals surface area contributed by atoms with E-state index in [0.717, 1.165) is 77.6 Å². The first-order valence-electron chi connectivity index (χ1n) is 19.9. The molecule has 0 atom stereocenters. The van der Waals surface area contributed by atoms with Crippen molar-refractivity contribution >= 4 is 54.7 Å². The van der Waals surface area contributed by atoms with Crippen LogP contribution in [0.15, 0.2) is 211 Å². The zero-order valence-electron chi connectivity index (χ0n) is 31.8. The van der Waals surface area contributed by atoms with E-state index in [9.17, 15) is 0 Å². The molecular weight excluding hydrogens is 721 g/mol. The number of hydrogen-bond donors (Lipinski definition) is 0. The zero-order valence-corrected chi connectivity index (χ0v) is 31.8. The summed E-state index contributed by atoms with van der Waals surface area (Å²) in [7, 11) is 0. The number of nitrogens with zero attached hydrogens (tertiary/aromatic N) is 4. The molecular formula is C54H34N4O. The van der Waals surface area contributed by atoms with Gasteiger partial charge in [-0.05, 0) is 100 Å². The van der Waals surface area contributed by atoms with Gasteiger partial charge in [0.15, 0.2) is 5.58 Å². The summed E-state index contributed by atoms with van der Waals surface area (Å²) in [5.74, 6) is 0.592. The van der Waals surface area contributed by atoms with Gasteiger partial charge in [0.1, 0.15) is 11.2 Å². The predicted molar refractivity (Wildman–Crippen MR) is 242 cm³/mol. The van der Waals surface area contributed by atoms with Crippen molar-refractivity contribution in [3.63, 3.8) is 0 Å². The minimum absolute atomic E-state index is 0.592. The van der Waals surface area contributed by atoms with Gasteiger partial charge in [0, 0.05) is 38.9 Å². The number of benzene rings is 8. The molecule has 0 saturated heterocycles. The standard InChI is InChI=1S/C54H34N4O/c1-4-14-35(15-5-1)39-30-40(36-16-6-2-7-17-36)32-41(31-39)52-53-47(28-29-59-53)55-54(56-52)58-49-23-13-11-21-44(49)46-34-38(25-27-51(46)58)37-24-26-50-45(33-37)43-20-10-12-22-48(43)57(50)42-18-8-3-9-19-42/h1-34H. The lowest BCUT2D eigenvalue weighted by molar-refractivity contribution is 0.614. The largest absolute Gasteiger partial charge is 0.460 e. The highest BCUT2D eigenvalue weighted by Gasteiger charge is 2.21. The molecule has 12 aromatic rings. The summed E-state index contributed by atoms with van der Waals surface area (Å²) >= 11 is 0. The number of furan rings is 1. The topological polar surface area (TPSA) is 48.8 Å². The molecule has 0 bridgehead atoms. The first-order chi connectivity index (χ1) is 29.2. The summed E-state index contributed by atoms with van der Waals surface area (Å²) in [4.78, 5) is 10.5. The van der Waals surface area contributed by atoms with E-state index >= 15 is 0 Å². The Kier molecular flexibility index (Phi) is 7.47. The fraction of sp³-hybridized carbons (Fsp3) is 0. The molecule has 5 nitrogen and oxygen atoms in total. The van der Waals surface area contributed by atoms with Gasteiger partial charge in [0.05, 0.1) is 28.3 Å². The third-order valence-electron chi connectivity index (χ3n) is 11.6. The second-order valence-corrected chi connectivity index (χ2v) is 15.0. The highest BCUT2D eigenvalue weighted by molar-refractivity contribution is 6.12. The molecule has 0 saturated carbocycles. The molecule has 276 valence electrons. The van der Waals surface area contributed by atoms with Crippen LogP contribution in [0.5, 0.6) is 0 Å². The maximum absolute atomic E-state index is 6.15. The summed E-state index contributed by atoms with van der Waals surface area (Å²) in [5, 5.41) is 4.74. The maximum atomic E-state index is 6.15. The molecule has 59 heavy (non-hydrogen) atoms. The number of para-hydroxylation sites is 3. The van der Waals surface area contributed by atoms with Gasteiger partial charge in [-0.2, -0.15) is 0 Å². The van der Waals surface area contributed by atoms with Crippen LogP contribution in [0.4, 0.5) is 0 Å². The van der Waals surface area contributed by atoms with Crippen molar-refractivity contribution < 1.29 is 4.42 Å². The average Bonchev–Trinajstić information content (AvgIpc) is 4.02. The van der Waals surface area contributed by atoms with Gasteiger partial charge in [-0.15, -0.1) is 0 Å². The molecule has 0 fully saturated rings. The predicted octanol–water partition coefficient (Wildman–Crippen LogP) is 14.1. The first kappa shape index (κ1) is 33.2. The van der Waals surface area contributed by atoms with Crippen LogP contribution >= 0.6 is 0 Å². The van der Waals surface area contributed by atoms with E-state index in [4.69, 9.17) is 14.4 Å². The fourth-order valence-corrected chi connectivity index (χ4v) is 8.88. The number of fused-ring (bicyclic) bond motifs is 7. The molecule has 0 spiro atoms. The second-order valence-electron chi connectivity index (χ2n) is 15.0. The highest BCUT2D eigenvalue weighted by atomic mass is 16.3. The summed E-state index contributed by atoms with van der Waals surface area (Å²) < 4.78 is 10.7. The quantitative estimate of drug-likeness (QED) is 0.170. The molecule has 0 aliphatic heterocycles. The smallest absolute Gasteiger partial charge is 0.236 e. The summed E-state index contributed by atoms with van der Waals surface area (Å²) in [5.41, 5.74) is 15.5. The SMILES string of the molecule is c1ccc(-c2cc(-c3ccccc3)cc(-c3nc(-n4c5ccccc5c5cc(-c6ccc7c(c6)c6ccccc6n7-c6ccccc6)ccc54)nc4ccoc34)c2)cc1. The minimum atomic E-state index is 0.592. The van der Waals surface area contributed by atoms with Crippen LogP contribution in [-0.4, -0.2) is 19.1 Å². The van der Waals surface area contributed by atoms with Gasteiger partial charge in [-0.1, -0.05) is 127 Å². The van der Waals surface area contributed by atoms with Crippen LogP contribution in [0.3, 0.4) is 0 Å². The van der Waals surface area contributed by atoms with E-state index < -0.39 is 0 Å². The van der Waals surface area contributed by atoms with Gasteiger partial charge >= 0.3 is 0 Å².